The van der Waals surface area contributed by atoms with Crippen LogP contribution in [0.3, 0.4) is 0 Å². The average molecular weight is 335 g/mol. The summed E-state index contributed by atoms with van der Waals surface area (Å²) in [4.78, 5) is 17.0. The van der Waals surface area contributed by atoms with E-state index >= 15 is 0 Å². The van der Waals surface area contributed by atoms with Gasteiger partial charge in [-0.05, 0) is 31.4 Å². The Bertz CT molecular complexity index is 567. The molecule has 0 saturated carbocycles. The van der Waals surface area contributed by atoms with Crippen LogP contribution >= 0.6 is 0 Å². The monoisotopic (exact) mass is 335 g/mol. The van der Waals surface area contributed by atoms with Crippen LogP contribution in [0.25, 0.3) is 0 Å². The van der Waals surface area contributed by atoms with Gasteiger partial charge >= 0.3 is 0 Å². The number of benzene rings is 1. The summed E-state index contributed by atoms with van der Waals surface area (Å²) in [5.41, 5.74) is 2.05. The molecule has 3 rings (SSSR count). The molecule has 0 atom stereocenters. The van der Waals surface area contributed by atoms with E-state index < -0.39 is 0 Å². The molecule has 1 aromatic rings. The molecular weight excluding hydrogens is 308 g/mol. The van der Waals surface area contributed by atoms with Crippen molar-refractivity contribution in [2.24, 2.45) is 0 Å². The van der Waals surface area contributed by atoms with Crippen molar-refractivity contribution < 1.29 is 14.9 Å². The lowest BCUT2D eigenvalue weighted by Gasteiger charge is -2.34. The summed E-state index contributed by atoms with van der Waals surface area (Å²) >= 11 is 0. The summed E-state index contributed by atoms with van der Waals surface area (Å²) in [6.45, 7) is 6.67. The summed E-state index contributed by atoms with van der Waals surface area (Å²) in [5.74, 6) is 0. The van der Waals surface area contributed by atoms with Gasteiger partial charge in [0.15, 0.2) is 0 Å². The first-order chi connectivity index (χ1) is 11.7. The molecule has 0 bridgehead atoms. The lowest BCUT2D eigenvalue weighted by atomic mass is 10.1. The largest absolute Gasteiger partial charge is 0.391 e. The lowest BCUT2D eigenvalue weighted by Crippen LogP contribution is -3.15. The van der Waals surface area contributed by atoms with Crippen LogP contribution in [0.2, 0.25) is 0 Å². The molecule has 1 aromatic carbocycles. The van der Waals surface area contributed by atoms with Crippen molar-refractivity contribution >= 4 is 17.1 Å². The zero-order valence-corrected chi connectivity index (χ0v) is 14.1. The number of anilines is 2. The van der Waals surface area contributed by atoms with Crippen LogP contribution < -0.4 is 14.7 Å². The summed E-state index contributed by atoms with van der Waals surface area (Å²) in [6, 6.07) is 5.54. The number of hydrogen-bond donors (Lipinski definition) is 2. The van der Waals surface area contributed by atoms with E-state index in [1.54, 1.807) is 6.07 Å². The van der Waals surface area contributed by atoms with Gasteiger partial charge in [0.1, 0.15) is 12.2 Å². The first-order valence-electron chi connectivity index (χ1n) is 8.92. The van der Waals surface area contributed by atoms with Gasteiger partial charge in [0, 0.05) is 24.8 Å². The second-order valence-electron chi connectivity index (χ2n) is 6.69. The molecule has 0 aromatic heterocycles. The van der Waals surface area contributed by atoms with Gasteiger partial charge in [0.2, 0.25) is 0 Å². The Hall–Kier alpha value is -1.86. The SMILES string of the molecule is O=[N+]([O-])c1ccc(N2CC[NH+](CCO)CC2)cc1N1CCCCC1. The molecule has 7 heteroatoms. The van der Waals surface area contributed by atoms with E-state index in [9.17, 15) is 10.1 Å². The first-order valence-corrected chi connectivity index (χ1v) is 8.92. The van der Waals surface area contributed by atoms with Crippen LogP contribution in [0, 0.1) is 10.1 Å². The van der Waals surface area contributed by atoms with Crippen LogP contribution in [0.4, 0.5) is 17.1 Å². The molecule has 2 aliphatic heterocycles. The zero-order valence-electron chi connectivity index (χ0n) is 14.1. The third-order valence-corrected chi connectivity index (χ3v) is 5.15. The molecule has 7 nitrogen and oxygen atoms in total. The molecule has 24 heavy (non-hydrogen) atoms. The number of aliphatic hydroxyl groups excluding tert-OH is 1. The highest BCUT2D eigenvalue weighted by Gasteiger charge is 2.25. The molecule has 0 unspecified atom stereocenters. The third kappa shape index (κ3) is 3.79. The fourth-order valence-corrected chi connectivity index (χ4v) is 3.74. The van der Waals surface area contributed by atoms with E-state index in [1.165, 1.54) is 11.3 Å². The molecule has 2 heterocycles. The van der Waals surface area contributed by atoms with Gasteiger partial charge in [-0.3, -0.25) is 10.1 Å². The minimum absolute atomic E-state index is 0.213. The van der Waals surface area contributed by atoms with E-state index in [0.717, 1.165) is 70.0 Å². The molecule has 2 fully saturated rings. The second kappa shape index (κ2) is 7.81. The van der Waals surface area contributed by atoms with Gasteiger partial charge < -0.3 is 19.8 Å². The number of nitrogens with one attached hydrogen (secondary N) is 1. The van der Waals surface area contributed by atoms with E-state index in [2.05, 4.69) is 9.80 Å². The van der Waals surface area contributed by atoms with E-state index in [0.29, 0.717) is 0 Å². The zero-order chi connectivity index (χ0) is 16.9. The van der Waals surface area contributed by atoms with Crippen molar-refractivity contribution in [3.8, 4) is 0 Å². The van der Waals surface area contributed by atoms with Crippen LogP contribution in [-0.4, -0.2) is 62.5 Å². The van der Waals surface area contributed by atoms with Crippen molar-refractivity contribution in [3.63, 3.8) is 0 Å². The van der Waals surface area contributed by atoms with Gasteiger partial charge in [-0.15, -0.1) is 0 Å². The molecule has 0 radical (unpaired) electrons. The molecule has 2 aliphatic rings. The Balaban J connectivity index is 1.78. The van der Waals surface area contributed by atoms with Gasteiger partial charge in [0.25, 0.3) is 5.69 Å². The van der Waals surface area contributed by atoms with Gasteiger partial charge in [-0.1, -0.05) is 0 Å². The predicted molar refractivity (Wildman–Crippen MR) is 94.0 cm³/mol. The van der Waals surface area contributed by atoms with Gasteiger partial charge in [-0.25, -0.2) is 0 Å². The van der Waals surface area contributed by atoms with Crippen LogP contribution in [-0.2, 0) is 0 Å². The topological polar surface area (TPSA) is 74.3 Å². The number of rotatable bonds is 5. The highest BCUT2D eigenvalue weighted by molar-refractivity contribution is 5.70. The number of nitrogens with zero attached hydrogens (tertiary/aromatic N) is 3. The Morgan fingerprint density at radius 3 is 2.42 bits per heavy atom. The fourth-order valence-electron chi connectivity index (χ4n) is 3.74. The smallest absolute Gasteiger partial charge is 0.292 e. The quantitative estimate of drug-likeness (QED) is 0.597. The maximum atomic E-state index is 11.4. The molecule has 0 spiro atoms. The van der Waals surface area contributed by atoms with Crippen LogP contribution in [0.1, 0.15) is 19.3 Å². The van der Waals surface area contributed by atoms with Crippen LogP contribution in [0.15, 0.2) is 18.2 Å². The van der Waals surface area contributed by atoms with Crippen molar-refractivity contribution in [2.45, 2.75) is 19.3 Å². The average Bonchev–Trinajstić information content (AvgIpc) is 2.63. The van der Waals surface area contributed by atoms with Gasteiger partial charge in [0.05, 0.1) is 37.7 Å². The van der Waals surface area contributed by atoms with Crippen LogP contribution in [0.5, 0.6) is 0 Å². The Morgan fingerprint density at radius 2 is 1.79 bits per heavy atom. The van der Waals surface area contributed by atoms with E-state index in [4.69, 9.17) is 5.11 Å². The van der Waals surface area contributed by atoms with Crippen molar-refractivity contribution in [2.75, 3.05) is 62.2 Å². The second-order valence-corrected chi connectivity index (χ2v) is 6.69. The molecule has 2 saturated heterocycles. The molecular formula is C17H27N4O3+. The summed E-state index contributed by atoms with van der Waals surface area (Å²) in [6.07, 6.45) is 3.41. The van der Waals surface area contributed by atoms with Crippen molar-refractivity contribution in [3.05, 3.63) is 28.3 Å². The minimum atomic E-state index is -0.267. The standard InChI is InChI=1S/C17H26N4O3/c22-13-12-18-8-10-19(11-9-18)15-4-5-16(21(23)24)17(14-15)20-6-2-1-3-7-20/h4-5,14,22H,1-3,6-13H2/p+1. The van der Waals surface area contributed by atoms with E-state index in [1.807, 2.05) is 12.1 Å². The molecule has 0 amide bonds. The molecule has 0 aliphatic carbocycles. The summed E-state index contributed by atoms with van der Waals surface area (Å²) in [7, 11) is 0. The van der Waals surface area contributed by atoms with Crippen molar-refractivity contribution in [1.82, 2.24) is 0 Å². The molecule has 132 valence electrons. The number of piperazine rings is 1. The minimum Gasteiger partial charge on any atom is -0.391 e. The Kier molecular flexibility index (Phi) is 5.52. The third-order valence-electron chi connectivity index (χ3n) is 5.15. The summed E-state index contributed by atoms with van der Waals surface area (Å²) < 4.78 is 0. The number of aliphatic hydroxyl groups is 1. The highest BCUT2D eigenvalue weighted by atomic mass is 16.6. The number of quaternary nitrogens is 1. The Morgan fingerprint density at radius 1 is 1.08 bits per heavy atom. The number of piperidine rings is 1. The maximum absolute atomic E-state index is 11.4. The lowest BCUT2D eigenvalue weighted by molar-refractivity contribution is -0.900. The molecule has 2 N–H and O–H groups in total. The number of nitro benzene ring substituents is 1. The first kappa shape index (κ1) is 17.0. The highest BCUT2D eigenvalue weighted by Crippen LogP contribution is 2.34. The Labute approximate surface area is 142 Å². The van der Waals surface area contributed by atoms with Crippen molar-refractivity contribution in [1.29, 1.82) is 0 Å². The predicted octanol–water partition coefficient (Wildman–Crippen LogP) is 0.282. The normalized spacial score (nSPS) is 19.5. The number of hydrogen-bond acceptors (Lipinski definition) is 5. The van der Waals surface area contributed by atoms with E-state index in [-0.39, 0.29) is 17.2 Å². The fraction of sp³-hybridized carbons (Fsp3) is 0.647. The van der Waals surface area contributed by atoms with Gasteiger partial charge in [-0.2, -0.15) is 0 Å². The maximum Gasteiger partial charge on any atom is 0.292 e. The number of nitro groups is 1. The summed E-state index contributed by atoms with van der Waals surface area (Å²) in [5, 5.41) is 20.5.